The van der Waals surface area contributed by atoms with Crippen LogP contribution in [-0.2, 0) is 25.1 Å². The monoisotopic (exact) mass is 493 g/mol. The number of hydrogen-bond acceptors (Lipinski definition) is 8. The van der Waals surface area contributed by atoms with Gasteiger partial charge in [0.2, 0.25) is 0 Å². The van der Waals surface area contributed by atoms with Gasteiger partial charge >= 0.3 is 11.8 Å². The summed E-state index contributed by atoms with van der Waals surface area (Å²) < 4.78 is 68.1. The molecule has 2 aliphatic heterocycles. The molecule has 0 aliphatic carbocycles. The van der Waals surface area contributed by atoms with Crippen LogP contribution in [-0.4, -0.2) is 49.5 Å². The van der Waals surface area contributed by atoms with Crippen LogP contribution in [0.1, 0.15) is 17.4 Å². The van der Waals surface area contributed by atoms with Gasteiger partial charge in [-0.15, -0.1) is 0 Å². The van der Waals surface area contributed by atoms with Crippen molar-refractivity contribution in [2.24, 2.45) is 0 Å². The van der Waals surface area contributed by atoms with E-state index in [0.717, 1.165) is 5.56 Å². The number of ether oxygens (including phenoxy) is 4. The third-order valence-corrected chi connectivity index (χ3v) is 6.05. The lowest BCUT2D eigenvalue weighted by Gasteiger charge is -2.47. The summed E-state index contributed by atoms with van der Waals surface area (Å²) >= 11 is 0. The number of anilines is 1. The molecule has 1 unspecified atom stereocenters. The minimum Gasteiger partial charge on any atom is -0.423 e. The summed E-state index contributed by atoms with van der Waals surface area (Å²) in [7, 11) is 1.40. The van der Waals surface area contributed by atoms with Crippen LogP contribution in [0.3, 0.4) is 0 Å². The van der Waals surface area contributed by atoms with Crippen molar-refractivity contribution in [3.05, 3.63) is 76.1 Å². The van der Waals surface area contributed by atoms with Crippen LogP contribution in [0.15, 0.2) is 63.8 Å². The second kappa shape index (κ2) is 9.25. The van der Waals surface area contributed by atoms with E-state index in [-0.39, 0.29) is 17.6 Å². The van der Waals surface area contributed by atoms with Crippen LogP contribution in [0.2, 0.25) is 0 Å². The van der Waals surface area contributed by atoms with Crippen LogP contribution in [0, 0.1) is 0 Å². The largest absolute Gasteiger partial charge is 0.423 e. The Kier molecular flexibility index (Phi) is 6.28. The predicted molar refractivity (Wildman–Crippen MR) is 117 cm³/mol. The second-order valence-electron chi connectivity index (χ2n) is 8.30. The molecule has 2 saturated heterocycles. The molecule has 186 valence electrons. The Labute approximate surface area is 197 Å². The van der Waals surface area contributed by atoms with Crippen molar-refractivity contribution >= 4 is 16.7 Å². The first-order valence-electron chi connectivity index (χ1n) is 10.8. The highest BCUT2D eigenvalue weighted by atomic mass is 19.4. The standard InChI is InChI=1S/C24H22F3NO7/c1-31-23-19(20(30)21-17(34-23)11-32-22(35-21)12-5-3-2-4-6-12)28-13-7-8-14-15(24(25,26)27)10-18(29)33-16(14)9-13/h2-10,17,19-23,28,30H,11H2,1H3/t17-,19-,20-,21-,22?,23+/m1/s1. The van der Waals surface area contributed by atoms with Crippen molar-refractivity contribution in [1.82, 2.24) is 0 Å². The maximum atomic E-state index is 13.3. The van der Waals surface area contributed by atoms with Gasteiger partial charge in [0.05, 0.1) is 12.2 Å². The number of hydrogen-bond donors (Lipinski definition) is 2. The van der Waals surface area contributed by atoms with Crippen LogP contribution < -0.4 is 10.9 Å². The molecule has 0 bridgehead atoms. The van der Waals surface area contributed by atoms with Crippen molar-refractivity contribution in [3.63, 3.8) is 0 Å². The van der Waals surface area contributed by atoms with Gasteiger partial charge in [-0.25, -0.2) is 4.79 Å². The number of benzene rings is 2. The quantitative estimate of drug-likeness (QED) is 0.534. The number of nitrogens with one attached hydrogen (secondary N) is 1. The Bertz CT molecular complexity index is 1250. The summed E-state index contributed by atoms with van der Waals surface area (Å²) in [6.45, 7) is 0.162. The van der Waals surface area contributed by atoms with Gasteiger partial charge in [-0.3, -0.25) is 0 Å². The lowest BCUT2D eigenvalue weighted by molar-refractivity contribution is -0.337. The van der Waals surface area contributed by atoms with Crippen molar-refractivity contribution in [3.8, 4) is 0 Å². The van der Waals surface area contributed by atoms with Crippen LogP contribution >= 0.6 is 0 Å². The molecule has 2 N–H and O–H groups in total. The minimum absolute atomic E-state index is 0.162. The molecular weight excluding hydrogens is 471 g/mol. The lowest BCUT2D eigenvalue weighted by atomic mass is 9.95. The Balaban J connectivity index is 1.41. The van der Waals surface area contributed by atoms with E-state index in [2.05, 4.69) is 5.32 Å². The van der Waals surface area contributed by atoms with Gasteiger partial charge in [-0.2, -0.15) is 13.2 Å². The molecule has 2 aliphatic rings. The summed E-state index contributed by atoms with van der Waals surface area (Å²) in [4.78, 5) is 11.7. The van der Waals surface area contributed by atoms with Gasteiger partial charge in [-0.05, 0) is 12.1 Å². The van der Waals surface area contributed by atoms with Gasteiger partial charge in [0.1, 0.15) is 29.9 Å². The third kappa shape index (κ3) is 4.65. The minimum atomic E-state index is -4.72. The highest BCUT2D eigenvalue weighted by Crippen LogP contribution is 2.37. The van der Waals surface area contributed by atoms with Gasteiger partial charge < -0.3 is 33.8 Å². The summed E-state index contributed by atoms with van der Waals surface area (Å²) in [6.07, 6.45) is -8.84. The molecule has 5 rings (SSSR count). The topological polar surface area (TPSA) is 99.4 Å². The normalized spacial score (nSPS) is 29.1. The van der Waals surface area contributed by atoms with E-state index in [1.54, 1.807) is 0 Å². The maximum Gasteiger partial charge on any atom is 0.417 e. The molecule has 0 saturated carbocycles. The third-order valence-electron chi connectivity index (χ3n) is 6.05. The van der Waals surface area contributed by atoms with E-state index < -0.39 is 54.3 Å². The fourth-order valence-corrected chi connectivity index (χ4v) is 4.41. The Morgan fingerprint density at radius 1 is 1.09 bits per heavy atom. The molecule has 0 radical (unpaired) electrons. The molecule has 2 fully saturated rings. The highest BCUT2D eigenvalue weighted by molar-refractivity contribution is 5.84. The van der Waals surface area contributed by atoms with Gasteiger partial charge in [0.25, 0.3) is 0 Å². The van der Waals surface area contributed by atoms with E-state index >= 15 is 0 Å². The van der Waals surface area contributed by atoms with Crippen LogP contribution in [0.4, 0.5) is 18.9 Å². The molecule has 8 nitrogen and oxygen atoms in total. The van der Waals surface area contributed by atoms with Gasteiger partial charge in [-0.1, -0.05) is 30.3 Å². The predicted octanol–water partition coefficient (Wildman–Crippen LogP) is 3.44. The summed E-state index contributed by atoms with van der Waals surface area (Å²) in [5.74, 6) is 0. The summed E-state index contributed by atoms with van der Waals surface area (Å²) in [6, 6.07) is 12.6. The fourth-order valence-electron chi connectivity index (χ4n) is 4.41. The molecule has 11 heteroatoms. The molecule has 2 aromatic carbocycles. The Morgan fingerprint density at radius 2 is 1.86 bits per heavy atom. The van der Waals surface area contributed by atoms with Crippen molar-refractivity contribution in [2.75, 3.05) is 19.0 Å². The average molecular weight is 493 g/mol. The number of fused-ring (bicyclic) bond motifs is 2. The SMILES string of the molecule is CO[C@H]1O[C@@H]2COC(c3ccccc3)O[C@H]2[C@H](O)[C@H]1Nc1ccc2c(C(F)(F)F)cc(=O)oc2c1. The molecule has 0 spiro atoms. The summed E-state index contributed by atoms with van der Waals surface area (Å²) in [5.41, 5.74) is -1.39. The first-order valence-corrected chi connectivity index (χ1v) is 10.8. The zero-order chi connectivity index (χ0) is 24.7. The molecular formula is C24H22F3NO7. The van der Waals surface area contributed by atoms with E-state index in [4.69, 9.17) is 23.4 Å². The molecule has 3 aromatic rings. The van der Waals surface area contributed by atoms with Crippen molar-refractivity contribution in [2.45, 2.75) is 43.1 Å². The average Bonchev–Trinajstić information content (AvgIpc) is 2.84. The molecule has 6 atom stereocenters. The van der Waals surface area contributed by atoms with E-state index in [9.17, 15) is 23.1 Å². The van der Waals surface area contributed by atoms with E-state index in [0.29, 0.717) is 11.8 Å². The van der Waals surface area contributed by atoms with Crippen molar-refractivity contribution < 1.29 is 41.6 Å². The molecule has 35 heavy (non-hydrogen) atoms. The number of rotatable bonds is 4. The Morgan fingerprint density at radius 3 is 2.57 bits per heavy atom. The van der Waals surface area contributed by atoms with Crippen LogP contribution in [0.5, 0.6) is 0 Å². The Hall–Kier alpha value is -2.96. The van der Waals surface area contributed by atoms with Gasteiger partial charge in [0.15, 0.2) is 12.6 Å². The zero-order valence-corrected chi connectivity index (χ0v) is 18.4. The second-order valence-corrected chi connectivity index (χ2v) is 8.30. The maximum absolute atomic E-state index is 13.3. The van der Waals surface area contributed by atoms with Gasteiger partial charge in [0, 0.05) is 35.9 Å². The number of halogens is 3. The molecule has 1 aromatic heterocycles. The smallest absolute Gasteiger partial charge is 0.417 e. The van der Waals surface area contributed by atoms with Crippen molar-refractivity contribution in [1.29, 1.82) is 0 Å². The number of aliphatic hydroxyl groups is 1. The van der Waals surface area contributed by atoms with Crippen LogP contribution in [0.25, 0.3) is 11.0 Å². The first-order chi connectivity index (χ1) is 16.7. The summed E-state index contributed by atoms with van der Waals surface area (Å²) in [5, 5.41) is 13.9. The van der Waals surface area contributed by atoms with E-state index in [1.165, 1.54) is 25.3 Å². The molecule has 0 amide bonds. The lowest BCUT2D eigenvalue weighted by Crippen LogP contribution is -2.64. The number of aliphatic hydroxyl groups excluding tert-OH is 1. The zero-order valence-electron chi connectivity index (χ0n) is 18.4. The molecule has 3 heterocycles. The highest BCUT2D eigenvalue weighted by Gasteiger charge is 2.49. The number of methoxy groups -OCH3 is 1. The van der Waals surface area contributed by atoms with E-state index in [1.807, 2.05) is 30.3 Å². The number of alkyl halides is 3. The first kappa shape index (κ1) is 23.8. The fraction of sp³-hybridized carbons (Fsp3) is 0.375.